The van der Waals surface area contributed by atoms with Crippen LogP contribution >= 0.6 is 22.9 Å². The molecule has 0 aliphatic heterocycles. The lowest BCUT2D eigenvalue weighted by molar-refractivity contribution is -0.903. The molecule has 1 unspecified atom stereocenters. The molecular formula is C16H20ClN2O2S+. The first-order valence-electron chi connectivity index (χ1n) is 7.11. The number of likely N-dealkylation sites (N-methyl/N-ethyl adjacent to an activating group) is 1. The van der Waals surface area contributed by atoms with Crippen LogP contribution < -0.4 is 15.0 Å². The lowest BCUT2D eigenvalue weighted by Gasteiger charge is -2.17. The Morgan fingerprint density at radius 2 is 2.23 bits per heavy atom. The van der Waals surface area contributed by atoms with E-state index in [1.165, 1.54) is 9.78 Å². The molecule has 0 spiro atoms. The second-order valence-electron chi connectivity index (χ2n) is 4.93. The van der Waals surface area contributed by atoms with E-state index >= 15 is 0 Å². The van der Waals surface area contributed by atoms with E-state index in [4.69, 9.17) is 16.3 Å². The fourth-order valence-corrected chi connectivity index (χ4v) is 3.12. The van der Waals surface area contributed by atoms with Crippen molar-refractivity contribution < 1.29 is 14.4 Å². The smallest absolute Gasteiger partial charge is 0.279 e. The van der Waals surface area contributed by atoms with Crippen molar-refractivity contribution >= 4 is 34.5 Å². The molecule has 1 heterocycles. The highest BCUT2D eigenvalue weighted by molar-refractivity contribution is 7.09. The SMILES string of the molecule is CC[NH+](CC(=O)Nc1cc(Cl)ccc1OC)Cc1cccs1. The fraction of sp³-hybridized carbons (Fsp3) is 0.312. The summed E-state index contributed by atoms with van der Waals surface area (Å²) in [5.74, 6) is 0.558. The molecule has 0 aliphatic rings. The summed E-state index contributed by atoms with van der Waals surface area (Å²) in [6, 6.07) is 9.30. The van der Waals surface area contributed by atoms with E-state index < -0.39 is 0 Å². The van der Waals surface area contributed by atoms with Crippen molar-refractivity contribution in [2.24, 2.45) is 0 Å². The van der Waals surface area contributed by atoms with Gasteiger partial charge in [0, 0.05) is 5.02 Å². The maximum absolute atomic E-state index is 12.3. The standard InChI is InChI=1S/C16H19ClN2O2S/c1-3-19(10-13-5-4-8-22-13)11-16(20)18-14-9-12(17)6-7-15(14)21-2/h4-9H,3,10-11H2,1-2H3,(H,18,20)/p+1. The first-order valence-corrected chi connectivity index (χ1v) is 8.37. The molecule has 0 aliphatic carbocycles. The van der Waals surface area contributed by atoms with Gasteiger partial charge in [-0.15, -0.1) is 11.3 Å². The average molecular weight is 340 g/mol. The molecule has 4 nitrogen and oxygen atoms in total. The lowest BCUT2D eigenvalue weighted by Crippen LogP contribution is -3.11. The number of rotatable bonds is 7. The number of carbonyl (C=O) groups is 1. The van der Waals surface area contributed by atoms with E-state index in [0.717, 1.165) is 13.1 Å². The van der Waals surface area contributed by atoms with E-state index in [9.17, 15) is 4.79 Å². The molecule has 118 valence electrons. The monoisotopic (exact) mass is 339 g/mol. The van der Waals surface area contributed by atoms with E-state index in [0.29, 0.717) is 23.0 Å². The van der Waals surface area contributed by atoms with Gasteiger partial charge in [0.2, 0.25) is 0 Å². The van der Waals surface area contributed by atoms with Crippen molar-refractivity contribution in [2.45, 2.75) is 13.5 Å². The zero-order valence-electron chi connectivity index (χ0n) is 12.7. The van der Waals surface area contributed by atoms with Gasteiger partial charge in [0.1, 0.15) is 12.3 Å². The van der Waals surface area contributed by atoms with Crippen LogP contribution in [0.25, 0.3) is 0 Å². The van der Waals surface area contributed by atoms with E-state index in [1.54, 1.807) is 36.6 Å². The Kier molecular flexibility index (Phi) is 6.24. The summed E-state index contributed by atoms with van der Waals surface area (Å²) in [5.41, 5.74) is 0.603. The molecule has 0 bridgehead atoms. The van der Waals surface area contributed by atoms with Gasteiger partial charge < -0.3 is 15.0 Å². The number of methoxy groups -OCH3 is 1. The molecule has 22 heavy (non-hydrogen) atoms. The maximum atomic E-state index is 12.3. The van der Waals surface area contributed by atoms with Crippen LogP contribution in [0.3, 0.4) is 0 Å². The van der Waals surface area contributed by atoms with Crippen molar-refractivity contribution in [2.75, 3.05) is 25.5 Å². The Bertz CT molecular complexity index is 617. The second-order valence-corrected chi connectivity index (χ2v) is 6.40. The van der Waals surface area contributed by atoms with Crippen LogP contribution in [0.1, 0.15) is 11.8 Å². The number of thiophene rings is 1. The average Bonchev–Trinajstić information content (AvgIpc) is 2.99. The number of hydrogen-bond donors (Lipinski definition) is 2. The van der Waals surface area contributed by atoms with Gasteiger partial charge in [0.25, 0.3) is 5.91 Å². The predicted octanol–water partition coefficient (Wildman–Crippen LogP) is 2.45. The minimum Gasteiger partial charge on any atom is -0.495 e. The molecular weight excluding hydrogens is 320 g/mol. The Morgan fingerprint density at radius 1 is 1.41 bits per heavy atom. The minimum atomic E-state index is -0.0472. The molecule has 2 N–H and O–H groups in total. The highest BCUT2D eigenvalue weighted by Gasteiger charge is 2.15. The van der Waals surface area contributed by atoms with Gasteiger partial charge in [0.05, 0.1) is 24.2 Å². The summed E-state index contributed by atoms with van der Waals surface area (Å²) in [6.45, 7) is 4.23. The van der Waals surface area contributed by atoms with Crippen LogP contribution in [0.2, 0.25) is 5.02 Å². The van der Waals surface area contributed by atoms with Gasteiger partial charge in [-0.3, -0.25) is 4.79 Å². The number of halogens is 1. The van der Waals surface area contributed by atoms with Crippen molar-refractivity contribution in [3.05, 3.63) is 45.6 Å². The minimum absolute atomic E-state index is 0.0472. The lowest BCUT2D eigenvalue weighted by atomic mass is 10.3. The summed E-state index contributed by atoms with van der Waals surface area (Å²) in [4.78, 5) is 14.8. The number of nitrogens with one attached hydrogen (secondary N) is 2. The number of quaternary nitrogens is 1. The van der Waals surface area contributed by atoms with Gasteiger partial charge in [-0.2, -0.15) is 0 Å². The van der Waals surface area contributed by atoms with Crippen molar-refractivity contribution in [1.82, 2.24) is 0 Å². The Morgan fingerprint density at radius 3 is 2.86 bits per heavy atom. The quantitative estimate of drug-likeness (QED) is 0.813. The first kappa shape index (κ1) is 16.8. The first-order chi connectivity index (χ1) is 10.6. The van der Waals surface area contributed by atoms with Crippen molar-refractivity contribution in [1.29, 1.82) is 0 Å². The second kappa shape index (κ2) is 8.17. The number of carbonyl (C=O) groups excluding carboxylic acids is 1. The molecule has 2 rings (SSSR count). The van der Waals surface area contributed by atoms with Crippen LogP contribution in [0.5, 0.6) is 5.75 Å². The van der Waals surface area contributed by atoms with Crippen molar-refractivity contribution in [3.8, 4) is 5.75 Å². The Hall–Kier alpha value is -1.56. The van der Waals surface area contributed by atoms with Crippen LogP contribution in [-0.2, 0) is 11.3 Å². The van der Waals surface area contributed by atoms with Gasteiger partial charge in [-0.05, 0) is 36.6 Å². The topological polar surface area (TPSA) is 42.8 Å². The predicted molar refractivity (Wildman–Crippen MR) is 91.0 cm³/mol. The van der Waals surface area contributed by atoms with Crippen LogP contribution in [-0.4, -0.2) is 26.1 Å². The molecule has 1 aromatic heterocycles. The third-order valence-corrected chi connectivity index (χ3v) is 4.46. The molecule has 0 radical (unpaired) electrons. The van der Waals surface area contributed by atoms with E-state index in [2.05, 4.69) is 23.7 Å². The van der Waals surface area contributed by atoms with Crippen LogP contribution in [0.4, 0.5) is 5.69 Å². The molecule has 0 fully saturated rings. The number of ether oxygens (including phenoxy) is 1. The summed E-state index contributed by atoms with van der Waals surface area (Å²) in [7, 11) is 1.57. The maximum Gasteiger partial charge on any atom is 0.279 e. The van der Waals surface area contributed by atoms with E-state index in [-0.39, 0.29) is 5.91 Å². The fourth-order valence-electron chi connectivity index (χ4n) is 2.17. The zero-order valence-corrected chi connectivity index (χ0v) is 14.3. The molecule has 0 saturated carbocycles. The van der Waals surface area contributed by atoms with Crippen molar-refractivity contribution in [3.63, 3.8) is 0 Å². The van der Waals surface area contributed by atoms with Gasteiger partial charge in [-0.25, -0.2) is 0 Å². The number of anilines is 1. The van der Waals surface area contributed by atoms with Crippen LogP contribution in [0, 0.1) is 0 Å². The largest absolute Gasteiger partial charge is 0.495 e. The molecule has 2 aromatic rings. The van der Waals surface area contributed by atoms with E-state index in [1.807, 2.05) is 6.07 Å². The van der Waals surface area contributed by atoms with Gasteiger partial charge in [0.15, 0.2) is 6.54 Å². The summed E-state index contributed by atoms with van der Waals surface area (Å²) in [5, 5.41) is 5.50. The molecule has 0 saturated heterocycles. The Balaban J connectivity index is 1.98. The normalized spacial score (nSPS) is 12.0. The zero-order chi connectivity index (χ0) is 15.9. The van der Waals surface area contributed by atoms with Crippen LogP contribution in [0.15, 0.2) is 35.7 Å². The van der Waals surface area contributed by atoms with Gasteiger partial charge >= 0.3 is 0 Å². The summed E-state index contributed by atoms with van der Waals surface area (Å²) >= 11 is 7.69. The summed E-state index contributed by atoms with van der Waals surface area (Å²) < 4.78 is 5.24. The number of hydrogen-bond acceptors (Lipinski definition) is 3. The number of benzene rings is 1. The molecule has 1 atom stereocenters. The molecule has 1 aromatic carbocycles. The molecule has 1 amide bonds. The van der Waals surface area contributed by atoms with Gasteiger partial charge in [-0.1, -0.05) is 17.7 Å². The summed E-state index contributed by atoms with van der Waals surface area (Å²) in [6.07, 6.45) is 0. The third-order valence-electron chi connectivity index (χ3n) is 3.35. The molecule has 6 heteroatoms. The Labute approximate surface area is 139 Å². The highest BCUT2D eigenvalue weighted by atomic mass is 35.5. The third kappa shape index (κ3) is 4.73. The highest BCUT2D eigenvalue weighted by Crippen LogP contribution is 2.27. The number of amides is 1.